The Morgan fingerprint density at radius 2 is 1.92 bits per heavy atom. The summed E-state index contributed by atoms with van der Waals surface area (Å²) in [5.41, 5.74) is 0.190. The van der Waals surface area contributed by atoms with E-state index in [1.807, 2.05) is 0 Å². The Labute approximate surface area is 130 Å². The predicted octanol–water partition coefficient (Wildman–Crippen LogP) is -5.73. The zero-order valence-electron chi connectivity index (χ0n) is 7.40. The van der Waals surface area contributed by atoms with Crippen molar-refractivity contribution in [1.29, 1.82) is 0 Å². The van der Waals surface area contributed by atoms with Gasteiger partial charge in [-0.2, -0.15) is 0 Å². The van der Waals surface area contributed by atoms with Crippen LogP contribution in [0, 0.1) is 6.92 Å². The fourth-order valence-corrected chi connectivity index (χ4v) is 2.72. The van der Waals surface area contributed by atoms with Crippen LogP contribution in [0.25, 0.3) is 0 Å². The van der Waals surface area contributed by atoms with Gasteiger partial charge in [0.25, 0.3) is 0 Å². The molecule has 0 atom stereocenters. The summed E-state index contributed by atoms with van der Waals surface area (Å²) >= 11 is 5.32. The number of nitrogens with zero attached hydrogens (tertiary/aromatic N) is 1. The van der Waals surface area contributed by atoms with Crippen molar-refractivity contribution < 1.29 is 72.1 Å². The molecule has 0 saturated carbocycles. The molecule has 0 saturated heterocycles. The summed E-state index contributed by atoms with van der Waals surface area (Å²) in [5.74, 6) is 0. The minimum atomic E-state index is -4.37. The molecule has 0 radical (unpaired) electrons. The molecule has 62 valence electrons. The molecule has 0 fully saturated rings. The predicted molar refractivity (Wildman–Crippen MR) is 40.4 cm³/mol. The minimum absolute atomic E-state index is 0. The quantitative estimate of drug-likeness (QED) is 0.284. The van der Waals surface area contributed by atoms with Crippen LogP contribution < -0.4 is 59.1 Å². The van der Waals surface area contributed by atoms with Crippen LogP contribution in [0.2, 0.25) is 0 Å². The van der Waals surface area contributed by atoms with E-state index in [4.69, 9.17) is 0 Å². The maximum atomic E-state index is 10.4. The van der Waals surface area contributed by atoms with Crippen LogP contribution in [0.4, 0.5) is 0 Å². The van der Waals surface area contributed by atoms with Crippen LogP contribution in [0.3, 0.4) is 0 Å². The van der Waals surface area contributed by atoms with E-state index >= 15 is 0 Å². The van der Waals surface area contributed by atoms with Crippen molar-refractivity contribution in [3.05, 3.63) is 5.69 Å². The van der Waals surface area contributed by atoms with Crippen LogP contribution in [-0.4, -0.2) is 18.0 Å². The molecule has 0 N–H and O–H groups in total. The molecular formula is C4H3NNa2O3S3. The average Bonchev–Trinajstić information content (AvgIpc) is 2.08. The second-order valence-electron chi connectivity index (χ2n) is 1.81. The fraction of sp³-hybridized carbons (Fsp3) is 0.250. The number of aryl methyl sites for hydroxylation is 1. The molecule has 4 nitrogen and oxygen atoms in total. The molecule has 1 aromatic rings. The van der Waals surface area contributed by atoms with Gasteiger partial charge >= 0.3 is 59.1 Å². The van der Waals surface area contributed by atoms with E-state index in [2.05, 4.69) is 17.6 Å². The molecule has 9 heteroatoms. The van der Waals surface area contributed by atoms with E-state index in [-0.39, 0.29) is 73.4 Å². The number of hydrogen-bond acceptors (Lipinski definition) is 6. The van der Waals surface area contributed by atoms with Crippen molar-refractivity contribution in [2.75, 3.05) is 0 Å². The standard InChI is InChI=1S/C4H5NO3S3.2Na/c1-2-3(11(6,7)8)10-4(9)5-2;;/h1H3,(H,5,9)(H,6,7,8);;/q;2*+1/p-2. The van der Waals surface area contributed by atoms with Gasteiger partial charge in [-0.15, -0.1) is 0 Å². The van der Waals surface area contributed by atoms with Gasteiger partial charge in [-0.1, -0.05) is 0 Å². The van der Waals surface area contributed by atoms with Crippen LogP contribution in [0.15, 0.2) is 8.55 Å². The Bertz CT molecular complexity index is 374. The first-order valence-corrected chi connectivity index (χ1v) is 5.15. The number of rotatable bonds is 1. The Morgan fingerprint density at radius 1 is 1.46 bits per heavy atom. The van der Waals surface area contributed by atoms with E-state index in [1.165, 1.54) is 6.92 Å². The topological polar surface area (TPSA) is 70.1 Å². The van der Waals surface area contributed by atoms with E-state index in [1.54, 1.807) is 0 Å². The van der Waals surface area contributed by atoms with Crippen LogP contribution in [-0.2, 0) is 22.7 Å². The van der Waals surface area contributed by atoms with Crippen molar-refractivity contribution in [3.63, 3.8) is 0 Å². The molecule has 0 aromatic carbocycles. The number of aromatic nitrogens is 1. The summed E-state index contributed by atoms with van der Waals surface area (Å²) in [6.45, 7) is 1.44. The monoisotopic (exact) mass is 255 g/mol. The third-order valence-corrected chi connectivity index (χ3v) is 3.66. The Hall–Kier alpha value is 1.76. The van der Waals surface area contributed by atoms with Gasteiger partial charge in [0.1, 0.15) is 10.1 Å². The molecule has 1 heterocycles. The van der Waals surface area contributed by atoms with Crippen LogP contribution in [0.1, 0.15) is 5.69 Å². The van der Waals surface area contributed by atoms with Crippen LogP contribution in [0.5, 0.6) is 0 Å². The van der Waals surface area contributed by atoms with E-state index < -0.39 is 10.1 Å². The molecule has 0 bridgehead atoms. The summed E-state index contributed by atoms with van der Waals surface area (Å²) in [7, 11) is -4.37. The molecule has 1 rings (SSSR count). The third-order valence-electron chi connectivity index (χ3n) is 0.961. The molecular weight excluding hydrogens is 252 g/mol. The zero-order chi connectivity index (χ0) is 8.65. The molecule has 0 aliphatic rings. The van der Waals surface area contributed by atoms with Crippen molar-refractivity contribution >= 4 is 34.1 Å². The first-order valence-electron chi connectivity index (χ1n) is 2.51. The third kappa shape index (κ3) is 4.87. The summed E-state index contributed by atoms with van der Waals surface area (Å²) in [5, 5.41) is 0. The van der Waals surface area contributed by atoms with Gasteiger partial charge in [-0.3, -0.25) is 4.98 Å². The zero-order valence-corrected chi connectivity index (χ0v) is 13.8. The fourth-order valence-electron chi connectivity index (χ4n) is 0.590. The molecule has 0 unspecified atom stereocenters. The summed E-state index contributed by atoms with van der Waals surface area (Å²) < 4.78 is 31.2. The van der Waals surface area contributed by atoms with Gasteiger partial charge in [0, 0.05) is 9.90 Å². The molecule has 0 spiro atoms. The first-order chi connectivity index (χ1) is 4.91. The van der Waals surface area contributed by atoms with Gasteiger partial charge in [-0.25, -0.2) is 8.42 Å². The molecule has 0 aliphatic heterocycles. The normalized spacial score (nSPS) is 10.0. The van der Waals surface area contributed by atoms with Crippen molar-refractivity contribution in [3.8, 4) is 0 Å². The van der Waals surface area contributed by atoms with Gasteiger partial charge in [0.15, 0.2) is 0 Å². The Morgan fingerprint density at radius 3 is 2.08 bits per heavy atom. The maximum absolute atomic E-state index is 10.4. The average molecular weight is 255 g/mol. The van der Waals surface area contributed by atoms with Gasteiger partial charge in [0.05, 0.1) is 0 Å². The first kappa shape index (κ1) is 17.2. The minimum Gasteiger partial charge on any atom is -0.745 e. The Kier molecular flexibility index (Phi) is 8.40. The second-order valence-corrected chi connectivity index (χ2v) is 5.03. The van der Waals surface area contributed by atoms with Crippen LogP contribution >= 0.6 is 11.3 Å². The smallest absolute Gasteiger partial charge is 0.745 e. The molecule has 0 aliphatic carbocycles. The summed E-state index contributed by atoms with van der Waals surface area (Å²) in [6, 6.07) is 0. The van der Waals surface area contributed by atoms with Crippen molar-refractivity contribution in [1.82, 2.24) is 4.98 Å². The van der Waals surface area contributed by atoms with E-state index in [9.17, 15) is 13.0 Å². The number of thiazole rings is 1. The SMILES string of the molecule is Cc1nc([S-])sc1S(=O)(=O)[O-].[Na+].[Na+]. The largest absolute Gasteiger partial charge is 1.00 e. The number of hydrogen-bond donors (Lipinski definition) is 0. The van der Waals surface area contributed by atoms with Gasteiger partial charge < -0.3 is 28.5 Å². The maximum Gasteiger partial charge on any atom is 1.00 e. The van der Waals surface area contributed by atoms with Crippen molar-refractivity contribution in [2.45, 2.75) is 15.5 Å². The molecule has 0 amide bonds. The van der Waals surface area contributed by atoms with E-state index in [0.717, 1.165) is 11.3 Å². The Balaban J connectivity index is 0. The molecule has 1 aromatic heterocycles. The van der Waals surface area contributed by atoms with Gasteiger partial charge in [0.2, 0.25) is 0 Å². The van der Waals surface area contributed by atoms with Gasteiger partial charge in [-0.05, 0) is 11.3 Å². The summed E-state index contributed by atoms with van der Waals surface area (Å²) in [6.07, 6.45) is 0. The second kappa shape index (κ2) is 6.37. The van der Waals surface area contributed by atoms with Crippen molar-refractivity contribution in [2.24, 2.45) is 0 Å². The van der Waals surface area contributed by atoms with E-state index in [0.29, 0.717) is 0 Å². The molecule has 13 heavy (non-hydrogen) atoms. The summed E-state index contributed by atoms with van der Waals surface area (Å²) in [4.78, 5) is 3.63.